The van der Waals surface area contributed by atoms with Gasteiger partial charge in [0.05, 0.1) is 22.7 Å². The van der Waals surface area contributed by atoms with Crippen LogP contribution >= 0.6 is 0 Å². The SMILES string of the molecule is CCN(c1cccc(C)c1)S(=O)(=O)c1cc2c3c(c1)CC(=O)N3CCC2. The summed E-state index contributed by atoms with van der Waals surface area (Å²) >= 11 is 0. The summed E-state index contributed by atoms with van der Waals surface area (Å²) in [5, 5.41) is 0. The lowest BCUT2D eigenvalue weighted by Gasteiger charge is -2.27. The Balaban J connectivity index is 1.82. The number of anilines is 2. The van der Waals surface area contributed by atoms with Crippen LogP contribution in [0.4, 0.5) is 11.4 Å². The molecule has 0 N–H and O–H groups in total. The number of carbonyl (C=O) groups excluding carboxylic acids is 1. The molecule has 0 unspecified atom stereocenters. The quantitative estimate of drug-likeness (QED) is 0.831. The van der Waals surface area contributed by atoms with E-state index in [4.69, 9.17) is 0 Å². The van der Waals surface area contributed by atoms with E-state index in [0.717, 1.165) is 41.8 Å². The van der Waals surface area contributed by atoms with Crippen molar-refractivity contribution < 1.29 is 13.2 Å². The minimum atomic E-state index is -3.68. The summed E-state index contributed by atoms with van der Waals surface area (Å²) in [6, 6.07) is 11.0. The molecule has 2 aromatic carbocycles. The van der Waals surface area contributed by atoms with E-state index in [2.05, 4.69) is 0 Å². The van der Waals surface area contributed by atoms with Gasteiger partial charge < -0.3 is 4.90 Å². The van der Waals surface area contributed by atoms with Crippen LogP contribution in [0, 0.1) is 6.92 Å². The lowest BCUT2D eigenvalue weighted by molar-refractivity contribution is -0.117. The third-order valence-corrected chi connectivity index (χ3v) is 7.03. The Morgan fingerprint density at radius 1 is 1.15 bits per heavy atom. The van der Waals surface area contributed by atoms with Gasteiger partial charge in [-0.25, -0.2) is 8.42 Å². The maximum absolute atomic E-state index is 13.4. The molecule has 0 saturated heterocycles. The standard InChI is InChI=1S/C20H22N2O3S/c1-3-22(17-8-4-6-14(2)10-17)26(24,25)18-11-15-7-5-9-21-19(23)13-16(12-18)20(15)21/h4,6,8,10-12H,3,5,7,9,13H2,1-2H3. The highest BCUT2D eigenvalue weighted by Crippen LogP contribution is 2.39. The summed E-state index contributed by atoms with van der Waals surface area (Å²) in [7, 11) is -3.68. The number of carbonyl (C=O) groups is 1. The van der Waals surface area contributed by atoms with Gasteiger partial charge in [-0.15, -0.1) is 0 Å². The molecule has 136 valence electrons. The number of rotatable bonds is 4. The predicted molar refractivity (Wildman–Crippen MR) is 102 cm³/mol. The van der Waals surface area contributed by atoms with E-state index in [1.54, 1.807) is 12.1 Å². The number of aryl methyl sites for hydroxylation is 2. The first-order valence-corrected chi connectivity index (χ1v) is 10.4. The molecule has 0 radical (unpaired) electrons. The van der Waals surface area contributed by atoms with Crippen molar-refractivity contribution in [2.45, 2.75) is 38.0 Å². The van der Waals surface area contributed by atoms with Crippen LogP contribution in [0.5, 0.6) is 0 Å². The molecule has 1 amide bonds. The minimum Gasteiger partial charge on any atom is -0.312 e. The van der Waals surface area contributed by atoms with Crippen molar-refractivity contribution in [3.8, 4) is 0 Å². The molecule has 26 heavy (non-hydrogen) atoms. The van der Waals surface area contributed by atoms with Crippen LogP contribution < -0.4 is 9.21 Å². The molecule has 2 heterocycles. The number of hydrogen-bond acceptors (Lipinski definition) is 3. The van der Waals surface area contributed by atoms with Crippen molar-refractivity contribution in [3.05, 3.63) is 53.1 Å². The average molecular weight is 370 g/mol. The van der Waals surface area contributed by atoms with Crippen molar-refractivity contribution in [2.75, 3.05) is 22.3 Å². The highest BCUT2D eigenvalue weighted by Gasteiger charge is 2.35. The summed E-state index contributed by atoms with van der Waals surface area (Å²) in [4.78, 5) is 14.3. The second kappa shape index (κ2) is 6.13. The molecule has 0 aliphatic carbocycles. The maximum Gasteiger partial charge on any atom is 0.264 e. The zero-order chi connectivity index (χ0) is 18.5. The second-order valence-electron chi connectivity index (χ2n) is 6.92. The number of benzene rings is 2. The molecule has 2 aliphatic rings. The van der Waals surface area contributed by atoms with Crippen LogP contribution in [0.25, 0.3) is 0 Å². The van der Waals surface area contributed by atoms with Crippen molar-refractivity contribution in [1.82, 2.24) is 0 Å². The smallest absolute Gasteiger partial charge is 0.264 e. The van der Waals surface area contributed by atoms with Crippen molar-refractivity contribution in [3.63, 3.8) is 0 Å². The van der Waals surface area contributed by atoms with Crippen LogP contribution in [0.2, 0.25) is 0 Å². The maximum atomic E-state index is 13.4. The van der Waals surface area contributed by atoms with E-state index in [-0.39, 0.29) is 10.8 Å². The largest absolute Gasteiger partial charge is 0.312 e. The third-order valence-electron chi connectivity index (χ3n) is 5.15. The second-order valence-corrected chi connectivity index (χ2v) is 8.79. The third kappa shape index (κ3) is 2.60. The minimum absolute atomic E-state index is 0.0709. The van der Waals surface area contributed by atoms with E-state index in [1.807, 2.05) is 43.0 Å². The van der Waals surface area contributed by atoms with Crippen molar-refractivity contribution in [1.29, 1.82) is 0 Å². The Morgan fingerprint density at radius 2 is 1.92 bits per heavy atom. The summed E-state index contributed by atoms with van der Waals surface area (Å²) in [6.45, 7) is 4.87. The van der Waals surface area contributed by atoms with Crippen LogP contribution in [0.1, 0.15) is 30.0 Å². The van der Waals surface area contributed by atoms with Gasteiger partial charge >= 0.3 is 0 Å². The first-order valence-electron chi connectivity index (χ1n) is 8.97. The highest BCUT2D eigenvalue weighted by atomic mass is 32.2. The number of sulfonamides is 1. The molecule has 0 fully saturated rings. The van der Waals surface area contributed by atoms with Crippen LogP contribution in [-0.2, 0) is 27.7 Å². The van der Waals surface area contributed by atoms with Crippen molar-refractivity contribution in [2.24, 2.45) is 0 Å². The molecule has 0 aromatic heterocycles. The summed E-state index contributed by atoms with van der Waals surface area (Å²) in [5.41, 5.74) is 4.43. The zero-order valence-electron chi connectivity index (χ0n) is 15.0. The first-order chi connectivity index (χ1) is 12.4. The Bertz CT molecular complexity index is 998. The number of amides is 1. The van der Waals surface area contributed by atoms with E-state index in [1.165, 1.54) is 4.31 Å². The topological polar surface area (TPSA) is 57.7 Å². The predicted octanol–water partition coefficient (Wildman–Crippen LogP) is 3.05. The summed E-state index contributed by atoms with van der Waals surface area (Å²) < 4.78 is 28.1. The van der Waals surface area contributed by atoms with E-state index >= 15 is 0 Å². The van der Waals surface area contributed by atoms with E-state index < -0.39 is 10.0 Å². The fourth-order valence-electron chi connectivity index (χ4n) is 4.00. The molecule has 0 bridgehead atoms. The lowest BCUT2D eigenvalue weighted by atomic mass is 10.0. The van der Waals surface area contributed by atoms with Gasteiger partial charge in [-0.3, -0.25) is 9.10 Å². The Hall–Kier alpha value is -2.34. The number of nitrogens with zero attached hydrogens (tertiary/aromatic N) is 2. The summed E-state index contributed by atoms with van der Waals surface area (Å²) in [5.74, 6) is 0.0709. The molecule has 2 aromatic rings. The molecule has 5 nitrogen and oxygen atoms in total. The monoisotopic (exact) mass is 370 g/mol. The fraction of sp³-hybridized carbons (Fsp3) is 0.350. The Morgan fingerprint density at radius 3 is 2.65 bits per heavy atom. The Labute approximate surface area is 154 Å². The van der Waals surface area contributed by atoms with Crippen LogP contribution in [0.15, 0.2) is 41.3 Å². The summed E-state index contributed by atoms with van der Waals surface area (Å²) in [6.07, 6.45) is 1.98. The molecule has 0 saturated carbocycles. The molecular weight excluding hydrogens is 348 g/mol. The number of hydrogen-bond donors (Lipinski definition) is 0. The van der Waals surface area contributed by atoms with Gasteiger partial charge in [-0.2, -0.15) is 0 Å². The molecule has 0 spiro atoms. The van der Waals surface area contributed by atoms with Crippen LogP contribution in [0.3, 0.4) is 0 Å². The average Bonchev–Trinajstić information content (AvgIpc) is 2.93. The molecular formula is C20H22N2O3S. The van der Waals surface area contributed by atoms with Gasteiger partial charge in [0.15, 0.2) is 0 Å². The van der Waals surface area contributed by atoms with Gasteiger partial charge in [0, 0.05) is 13.1 Å². The van der Waals surface area contributed by atoms with Crippen molar-refractivity contribution >= 4 is 27.3 Å². The van der Waals surface area contributed by atoms with Gasteiger partial charge in [-0.1, -0.05) is 12.1 Å². The molecule has 4 rings (SSSR count). The lowest BCUT2D eigenvalue weighted by Crippen LogP contribution is -2.32. The molecule has 6 heteroatoms. The van der Waals surface area contributed by atoms with Crippen LogP contribution in [-0.4, -0.2) is 27.4 Å². The fourth-order valence-corrected chi connectivity index (χ4v) is 5.57. The van der Waals surface area contributed by atoms with Gasteiger partial charge in [0.2, 0.25) is 5.91 Å². The zero-order valence-corrected chi connectivity index (χ0v) is 15.8. The molecule has 0 atom stereocenters. The first kappa shape index (κ1) is 17.1. The van der Waals surface area contributed by atoms with E-state index in [9.17, 15) is 13.2 Å². The normalized spacial score (nSPS) is 15.9. The molecule has 2 aliphatic heterocycles. The van der Waals surface area contributed by atoms with Gasteiger partial charge in [0.25, 0.3) is 10.0 Å². The van der Waals surface area contributed by atoms with Gasteiger partial charge in [-0.05, 0) is 67.6 Å². The van der Waals surface area contributed by atoms with E-state index in [0.29, 0.717) is 18.7 Å². The highest BCUT2D eigenvalue weighted by molar-refractivity contribution is 7.92. The Kier molecular flexibility index (Phi) is 4.03. The van der Waals surface area contributed by atoms with Gasteiger partial charge in [0.1, 0.15) is 0 Å².